The summed E-state index contributed by atoms with van der Waals surface area (Å²) in [5, 5.41) is 19.2. The van der Waals surface area contributed by atoms with Gasteiger partial charge in [0.15, 0.2) is 5.82 Å². The van der Waals surface area contributed by atoms with Crippen molar-refractivity contribution < 1.29 is 9.59 Å². The van der Waals surface area contributed by atoms with Crippen LogP contribution < -0.4 is 16.0 Å². The van der Waals surface area contributed by atoms with E-state index in [-0.39, 0.29) is 11.8 Å². The number of benzene rings is 2. The number of H-pyrrole nitrogens is 1. The number of likely N-dealkylation sites (tertiary alicyclic amines) is 1. The number of hydrogen-bond donors (Lipinski definition) is 4. The van der Waals surface area contributed by atoms with Crippen molar-refractivity contribution in [3.63, 3.8) is 0 Å². The fourth-order valence-electron chi connectivity index (χ4n) is 4.22. The van der Waals surface area contributed by atoms with Crippen LogP contribution in [0, 0.1) is 0 Å². The first-order chi connectivity index (χ1) is 17.0. The zero-order valence-corrected chi connectivity index (χ0v) is 20.3. The molecule has 2 amide bonds. The normalized spacial score (nSPS) is 14.7. The number of aromatic amines is 1. The standard InChI is InChI=1S/C26H28N6O2S/c1-32-12-10-20(11-13-32)28-19-7-4-17(5-8-19)26(34)29-24-22-15-18(6-9-23(22)30-31-24)25(33)27-16-21-3-2-14-35-21/h2-9,14-15,20,28H,10-13,16H2,1H3,(H,27,33)(H2,29,30,31,34). The van der Waals surface area contributed by atoms with Gasteiger partial charge in [-0.15, -0.1) is 11.3 Å². The zero-order valence-electron chi connectivity index (χ0n) is 19.5. The van der Waals surface area contributed by atoms with E-state index >= 15 is 0 Å². The molecule has 0 spiro atoms. The van der Waals surface area contributed by atoms with Gasteiger partial charge in [-0.2, -0.15) is 5.10 Å². The molecule has 3 heterocycles. The van der Waals surface area contributed by atoms with Crippen LogP contribution in [0.1, 0.15) is 38.4 Å². The molecule has 1 saturated heterocycles. The first-order valence-electron chi connectivity index (χ1n) is 11.7. The van der Waals surface area contributed by atoms with E-state index in [0.29, 0.717) is 34.9 Å². The van der Waals surface area contributed by atoms with Crippen LogP contribution in [-0.4, -0.2) is 53.1 Å². The summed E-state index contributed by atoms with van der Waals surface area (Å²) in [6, 6.07) is 17.2. The molecule has 0 aliphatic carbocycles. The molecule has 0 radical (unpaired) electrons. The summed E-state index contributed by atoms with van der Waals surface area (Å²) in [7, 11) is 2.15. The molecular weight excluding hydrogens is 460 g/mol. The highest BCUT2D eigenvalue weighted by Crippen LogP contribution is 2.23. The molecule has 1 fully saturated rings. The monoisotopic (exact) mass is 488 g/mol. The molecule has 0 saturated carbocycles. The molecule has 180 valence electrons. The van der Waals surface area contributed by atoms with Gasteiger partial charge in [0.1, 0.15) is 0 Å². The number of carbonyl (C=O) groups excluding carboxylic acids is 2. The summed E-state index contributed by atoms with van der Waals surface area (Å²) in [6.07, 6.45) is 2.22. The summed E-state index contributed by atoms with van der Waals surface area (Å²) < 4.78 is 0. The van der Waals surface area contributed by atoms with Gasteiger partial charge in [-0.1, -0.05) is 6.07 Å². The lowest BCUT2D eigenvalue weighted by Crippen LogP contribution is -2.36. The molecule has 0 atom stereocenters. The maximum Gasteiger partial charge on any atom is 0.256 e. The van der Waals surface area contributed by atoms with Crippen molar-refractivity contribution in [2.24, 2.45) is 0 Å². The van der Waals surface area contributed by atoms with E-state index in [1.165, 1.54) is 0 Å². The molecule has 2 aromatic carbocycles. The Morgan fingerprint density at radius 3 is 2.57 bits per heavy atom. The molecule has 2 aromatic heterocycles. The van der Waals surface area contributed by atoms with Gasteiger partial charge >= 0.3 is 0 Å². The van der Waals surface area contributed by atoms with Crippen LogP contribution in [0.4, 0.5) is 11.5 Å². The largest absolute Gasteiger partial charge is 0.382 e. The van der Waals surface area contributed by atoms with Crippen molar-refractivity contribution in [1.29, 1.82) is 0 Å². The topological polar surface area (TPSA) is 102 Å². The van der Waals surface area contributed by atoms with Crippen molar-refractivity contribution in [2.75, 3.05) is 30.8 Å². The Labute approximate surface area is 207 Å². The minimum atomic E-state index is -0.253. The number of aromatic nitrogens is 2. The molecule has 5 rings (SSSR count). The fraction of sp³-hybridized carbons (Fsp3) is 0.269. The summed E-state index contributed by atoms with van der Waals surface area (Å²) in [6.45, 7) is 2.66. The van der Waals surface area contributed by atoms with Gasteiger partial charge in [-0.3, -0.25) is 14.7 Å². The SMILES string of the molecule is CN1CCC(Nc2ccc(C(=O)Nc3n[nH]c4ccc(C(=O)NCc5cccs5)cc34)cc2)CC1. The number of thiophene rings is 1. The van der Waals surface area contributed by atoms with Crippen LogP contribution in [0.25, 0.3) is 10.9 Å². The number of amides is 2. The van der Waals surface area contributed by atoms with Crippen molar-refractivity contribution in [3.05, 3.63) is 76.0 Å². The Morgan fingerprint density at radius 2 is 1.83 bits per heavy atom. The molecule has 8 nitrogen and oxygen atoms in total. The zero-order chi connectivity index (χ0) is 24.2. The summed E-state index contributed by atoms with van der Waals surface area (Å²) in [5.74, 6) is -0.0327. The van der Waals surface area contributed by atoms with E-state index in [4.69, 9.17) is 0 Å². The molecular formula is C26H28N6O2S. The van der Waals surface area contributed by atoms with Crippen molar-refractivity contribution in [3.8, 4) is 0 Å². The molecule has 4 aromatic rings. The average Bonchev–Trinajstić information content (AvgIpc) is 3.54. The number of anilines is 2. The third kappa shape index (κ3) is 5.52. The predicted molar refractivity (Wildman–Crippen MR) is 140 cm³/mol. The predicted octanol–water partition coefficient (Wildman–Crippen LogP) is 4.31. The van der Waals surface area contributed by atoms with Crippen LogP contribution in [0.2, 0.25) is 0 Å². The van der Waals surface area contributed by atoms with Crippen LogP contribution in [0.5, 0.6) is 0 Å². The minimum absolute atomic E-state index is 0.175. The van der Waals surface area contributed by atoms with Crippen LogP contribution in [-0.2, 0) is 6.54 Å². The van der Waals surface area contributed by atoms with E-state index in [9.17, 15) is 9.59 Å². The van der Waals surface area contributed by atoms with E-state index in [1.807, 2.05) is 41.8 Å². The number of nitrogens with one attached hydrogen (secondary N) is 4. The maximum absolute atomic E-state index is 12.9. The van der Waals surface area contributed by atoms with Gasteiger partial charge in [0.05, 0.1) is 12.1 Å². The summed E-state index contributed by atoms with van der Waals surface area (Å²) in [5.41, 5.74) is 2.81. The van der Waals surface area contributed by atoms with Gasteiger partial charge in [-0.05, 0) is 86.9 Å². The van der Waals surface area contributed by atoms with Crippen molar-refractivity contribution in [1.82, 2.24) is 20.4 Å². The number of hydrogen-bond acceptors (Lipinski definition) is 6. The molecule has 9 heteroatoms. The van der Waals surface area contributed by atoms with Crippen molar-refractivity contribution in [2.45, 2.75) is 25.4 Å². The molecule has 35 heavy (non-hydrogen) atoms. The molecule has 1 aliphatic heterocycles. The second kappa shape index (κ2) is 10.3. The molecule has 4 N–H and O–H groups in total. The highest BCUT2D eigenvalue weighted by atomic mass is 32.1. The Balaban J connectivity index is 1.23. The minimum Gasteiger partial charge on any atom is -0.382 e. The Morgan fingerprint density at radius 1 is 1.06 bits per heavy atom. The smallest absolute Gasteiger partial charge is 0.256 e. The first kappa shape index (κ1) is 23.1. The third-order valence-corrected chi connectivity index (χ3v) is 7.17. The molecule has 0 unspecified atom stereocenters. The van der Waals surface area contributed by atoms with Gasteiger partial charge in [-0.25, -0.2) is 0 Å². The van der Waals surface area contributed by atoms with Crippen molar-refractivity contribution >= 4 is 45.6 Å². The second-order valence-electron chi connectivity index (χ2n) is 8.85. The second-order valence-corrected chi connectivity index (χ2v) is 9.88. The van der Waals surface area contributed by atoms with Gasteiger partial charge in [0.25, 0.3) is 11.8 Å². The lowest BCUT2D eigenvalue weighted by Gasteiger charge is -2.30. The summed E-state index contributed by atoms with van der Waals surface area (Å²) in [4.78, 5) is 28.9. The average molecular weight is 489 g/mol. The lowest BCUT2D eigenvalue weighted by molar-refractivity contribution is 0.0950. The number of rotatable bonds is 7. The molecule has 0 bridgehead atoms. The Hall–Kier alpha value is -3.69. The lowest BCUT2D eigenvalue weighted by atomic mass is 10.0. The van der Waals surface area contributed by atoms with E-state index < -0.39 is 0 Å². The van der Waals surface area contributed by atoms with Crippen LogP contribution in [0.15, 0.2) is 60.0 Å². The van der Waals surface area contributed by atoms with E-state index in [1.54, 1.807) is 29.5 Å². The number of piperidine rings is 1. The summed E-state index contributed by atoms with van der Waals surface area (Å²) >= 11 is 1.60. The van der Waals surface area contributed by atoms with Crippen LogP contribution in [0.3, 0.4) is 0 Å². The van der Waals surface area contributed by atoms with E-state index in [2.05, 4.69) is 38.1 Å². The van der Waals surface area contributed by atoms with Crippen LogP contribution >= 0.6 is 11.3 Å². The van der Waals surface area contributed by atoms with Gasteiger partial charge in [0, 0.05) is 33.1 Å². The highest BCUT2D eigenvalue weighted by molar-refractivity contribution is 7.09. The fourth-order valence-corrected chi connectivity index (χ4v) is 4.86. The van der Waals surface area contributed by atoms with Gasteiger partial charge in [0.2, 0.25) is 0 Å². The molecule has 1 aliphatic rings. The van der Waals surface area contributed by atoms with E-state index in [0.717, 1.165) is 42.0 Å². The Kier molecular flexibility index (Phi) is 6.78. The highest BCUT2D eigenvalue weighted by Gasteiger charge is 2.17. The number of nitrogens with zero attached hydrogens (tertiary/aromatic N) is 2. The first-order valence-corrected chi connectivity index (χ1v) is 12.6. The van der Waals surface area contributed by atoms with Gasteiger partial charge < -0.3 is 20.9 Å². The maximum atomic E-state index is 12.9. The Bertz CT molecular complexity index is 1310. The number of carbonyl (C=O) groups is 2. The number of fused-ring (bicyclic) bond motifs is 1. The third-order valence-electron chi connectivity index (χ3n) is 6.30. The quantitative estimate of drug-likeness (QED) is 0.310.